The third-order valence-electron chi connectivity index (χ3n) is 6.44. The molecule has 4 aromatic rings. The topological polar surface area (TPSA) is 70.9 Å². The van der Waals surface area contributed by atoms with Gasteiger partial charge in [-0.05, 0) is 47.0 Å². The molecule has 5 rings (SSSR count). The molecule has 1 atom stereocenters. The molecule has 0 bridgehead atoms. The molecular formula is C29H25Cl2N2O4+. The minimum absolute atomic E-state index is 0.271. The summed E-state index contributed by atoms with van der Waals surface area (Å²) in [5, 5.41) is 4.31. The Bertz CT molecular complexity index is 1450. The van der Waals surface area contributed by atoms with Gasteiger partial charge in [-0.15, -0.1) is 0 Å². The number of carbonyl (C=O) groups is 1. The second kappa shape index (κ2) is 10.7. The Kier molecular flexibility index (Phi) is 7.22. The first-order valence-electron chi connectivity index (χ1n) is 11.7. The summed E-state index contributed by atoms with van der Waals surface area (Å²) in [4.78, 5) is 16.3. The summed E-state index contributed by atoms with van der Waals surface area (Å²) < 4.78 is 16.9. The smallest absolute Gasteiger partial charge is 0.338 e. The monoisotopic (exact) mass is 535 g/mol. The third kappa shape index (κ3) is 5.08. The second-order valence-corrected chi connectivity index (χ2v) is 9.43. The first kappa shape index (κ1) is 24.9. The summed E-state index contributed by atoms with van der Waals surface area (Å²) in [6.07, 6.45) is 2.88. The van der Waals surface area contributed by atoms with Crippen LogP contribution in [0.5, 0.6) is 11.5 Å². The molecule has 0 amide bonds. The van der Waals surface area contributed by atoms with E-state index < -0.39 is 12.1 Å². The second-order valence-electron chi connectivity index (χ2n) is 8.61. The van der Waals surface area contributed by atoms with Crippen LogP contribution in [0.4, 0.5) is 5.69 Å². The van der Waals surface area contributed by atoms with Crippen LogP contribution < -0.4 is 19.8 Å². The molecule has 1 aromatic heterocycles. The number of benzene rings is 3. The molecule has 0 saturated carbocycles. The number of para-hydroxylation sites is 1. The van der Waals surface area contributed by atoms with Gasteiger partial charge in [-0.3, -0.25) is 0 Å². The lowest BCUT2D eigenvalue weighted by Crippen LogP contribution is -2.16. The standard InChI is InChI=1S/C29H24Cl2N2O4/c1-35-26-10-8-17(12-28(26)36-2)27(13-22-23(30)15-32-16-24(22)31)37-29(34)18-7-9-20-19(11-18)14-33-25-6-4-3-5-21(20)25/h3-12,15-16,27,33H,13-14H2,1-2H3/p+1/t27-/m0/s1. The van der Waals surface area contributed by atoms with E-state index in [9.17, 15) is 4.79 Å². The number of anilines is 1. The molecule has 0 aliphatic carbocycles. The molecule has 0 fully saturated rings. The van der Waals surface area contributed by atoms with E-state index >= 15 is 0 Å². The molecule has 0 radical (unpaired) electrons. The normalized spacial score (nSPS) is 12.5. The van der Waals surface area contributed by atoms with Crippen LogP contribution in [0.2, 0.25) is 10.0 Å². The van der Waals surface area contributed by atoms with Crippen molar-refractivity contribution in [1.82, 2.24) is 0 Å². The summed E-state index contributed by atoms with van der Waals surface area (Å²) in [6.45, 7) is 0.623. The van der Waals surface area contributed by atoms with E-state index in [0.29, 0.717) is 39.2 Å². The van der Waals surface area contributed by atoms with Crippen LogP contribution in [-0.2, 0) is 17.7 Å². The van der Waals surface area contributed by atoms with Gasteiger partial charge in [-0.25, -0.2) is 9.78 Å². The van der Waals surface area contributed by atoms with Gasteiger partial charge in [0.1, 0.15) is 16.1 Å². The zero-order valence-corrected chi connectivity index (χ0v) is 21.8. The van der Waals surface area contributed by atoms with E-state index in [1.807, 2.05) is 36.4 Å². The van der Waals surface area contributed by atoms with Crippen molar-refractivity contribution in [3.05, 3.63) is 105 Å². The predicted octanol–water partition coefficient (Wildman–Crippen LogP) is 6.56. The lowest BCUT2D eigenvalue weighted by molar-refractivity contribution is -0.377. The van der Waals surface area contributed by atoms with Crippen LogP contribution in [-0.4, -0.2) is 20.2 Å². The first-order chi connectivity index (χ1) is 18.0. The molecule has 8 heteroatoms. The molecule has 3 aromatic carbocycles. The molecule has 6 nitrogen and oxygen atoms in total. The van der Waals surface area contributed by atoms with Gasteiger partial charge in [0.2, 0.25) is 0 Å². The Morgan fingerprint density at radius 2 is 1.70 bits per heavy atom. The minimum atomic E-state index is -0.681. The number of rotatable bonds is 7. The molecule has 188 valence electrons. The highest BCUT2D eigenvalue weighted by molar-refractivity contribution is 6.35. The number of halogens is 2. The first-order valence-corrected chi connectivity index (χ1v) is 12.5. The van der Waals surface area contributed by atoms with Crippen LogP contribution >= 0.6 is 23.2 Å². The minimum Gasteiger partial charge on any atom is -0.493 e. The number of aromatic amines is 1. The Morgan fingerprint density at radius 3 is 2.46 bits per heavy atom. The molecule has 2 N–H and O–H groups in total. The maximum Gasteiger partial charge on any atom is 0.338 e. The number of fused-ring (bicyclic) bond motifs is 3. The highest BCUT2D eigenvalue weighted by Crippen LogP contribution is 2.37. The van der Waals surface area contributed by atoms with Crippen molar-refractivity contribution in [2.24, 2.45) is 0 Å². The molecule has 1 aliphatic rings. The summed E-state index contributed by atoms with van der Waals surface area (Å²) in [5.74, 6) is 0.651. The number of methoxy groups -OCH3 is 2. The van der Waals surface area contributed by atoms with E-state index in [2.05, 4.69) is 16.4 Å². The number of carbonyl (C=O) groups excluding carboxylic acids is 1. The number of pyridine rings is 1. The zero-order valence-electron chi connectivity index (χ0n) is 20.3. The van der Waals surface area contributed by atoms with Crippen molar-refractivity contribution in [3.63, 3.8) is 0 Å². The van der Waals surface area contributed by atoms with Crippen molar-refractivity contribution in [2.75, 3.05) is 19.5 Å². The fourth-order valence-electron chi connectivity index (χ4n) is 4.53. The molecule has 0 unspecified atom stereocenters. The van der Waals surface area contributed by atoms with E-state index in [0.717, 1.165) is 27.9 Å². The van der Waals surface area contributed by atoms with Crippen molar-refractivity contribution in [2.45, 2.75) is 19.1 Å². The van der Waals surface area contributed by atoms with Crippen molar-refractivity contribution >= 4 is 34.9 Å². The van der Waals surface area contributed by atoms with E-state index in [1.54, 1.807) is 44.8 Å². The van der Waals surface area contributed by atoms with Crippen molar-refractivity contribution < 1.29 is 24.0 Å². The maximum atomic E-state index is 13.4. The fraction of sp³-hybridized carbons (Fsp3) is 0.172. The Morgan fingerprint density at radius 1 is 0.946 bits per heavy atom. The number of H-pyrrole nitrogens is 1. The van der Waals surface area contributed by atoms with Crippen LogP contribution in [0.3, 0.4) is 0 Å². The van der Waals surface area contributed by atoms with E-state index in [1.165, 1.54) is 0 Å². The van der Waals surface area contributed by atoms with E-state index in [4.69, 9.17) is 37.4 Å². The highest BCUT2D eigenvalue weighted by Gasteiger charge is 2.25. The van der Waals surface area contributed by atoms with Crippen molar-refractivity contribution in [1.29, 1.82) is 0 Å². The summed E-state index contributed by atoms with van der Waals surface area (Å²) >= 11 is 12.9. The number of aromatic nitrogens is 1. The van der Waals surface area contributed by atoms with Crippen LogP contribution in [0.25, 0.3) is 11.1 Å². The van der Waals surface area contributed by atoms with Gasteiger partial charge in [0.25, 0.3) is 0 Å². The predicted molar refractivity (Wildman–Crippen MR) is 144 cm³/mol. The van der Waals surface area contributed by atoms with Crippen LogP contribution in [0.15, 0.2) is 73.1 Å². The van der Waals surface area contributed by atoms with E-state index in [-0.39, 0.29) is 6.42 Å². The number of ether oxygens (including phenoxy) is 3. The quantitative estimate of drug-likeness (QED) is 0.271. The highest BCUT2D eigenvalue weighted by atomic mass is 35.5. The van der Waals surface area contributed by atoms with Crippen LogP contribution in [0, 0.1) is 0 Å². The van der Waals surface area contributed by atoms with Gasteiger partial charge < -0.3 is 19.5 Å². The zero-order chi connectivity index (χ0) is 25.9. The Hall–Kier alpha value is -3.74. The average Bonchev–Trinajstić information content (AvgIpc) is 2.93. The number of hydrogen-bond acceptors (Lipinski definition) is 5. The number of hydrogen-bond donors (Lipinski definition) is 1. The molecule has 0 spiro atoms. The Balaban J connectivity index is 1.48. The summed E-state index contributed by atoms with van der Waals surface area (Å²) in [6, 6.07) is 19.2. The molecule has 1 aliphatic heterocycles. The summed E-state index contributed by atoms with van der Waals surface area (Å²) in [7, 11) is 3.13. The molecule has 0 saturated heterocycles. The van der Waals surface area contributed by atoms with Gasteiger partial charge >= 0.3 is 5.97 Å². The number of nitrogens with one attached hydrogen (secondary N) is 2. The van der Waals surface area contributed by atoms with Crippen LogP contribution in [0.1, 0.15) is 33.2 Å². The van der Waals surface area contributed by atoms with Gasteiger partial charge in [0.05, 0.1) is 19.8 Å². The third-order valence-corrected chi connectivity index (χ3v) is 7.12. The molecule has 37 heavy (non-hydrogen) atoms. The van der Waals surface area contributed by atoms with Gasteiger partial charge in [0.15, 0.2) is 23.9 Å². The van der Waals surface area contributed by atoms with Gasteiger partial charge in [0, 0.05) is 29.8 Å². The SMILES string of the molecule is COc1ccc([C@H](Cc2c(Cl)c[nH+]cc2Cl)OC(=O)c2ccc3c(c2)CNc2ccccc2-3)cc1OC. The number of esters is 1. The van der Waals surface area contributed by atoms with Gasteiger partial charge in [-0.2, -0.15) is 0 Å². The largest absolute Gasteiger partial charge is 0.493 e. The molecule has 2 heterocycles. The fourth-order valence-corrected chi connectivity index (χ4v) is 5.06. The lowest BCUT2D eigenvalue weighted by Gasteiger charge is -2.23. The maximum absolute atomic E-state index is 13.4. The van der Waals surface area contributed by atoms with Crippen molar-refractivity contribution in [3.8, 4) is 22.6 Å². The van der Waals surface area contributed by atoms with Gasteiger partial charge in [-0.1, -0.05) is 53.5 Å². The average molecular weight is 536 g/mol. The lowest BCUT2D eigenvalue weighted by atomic mass is 9.93. The Labute approximate surface area is 225 Å². The summed E-state index contributed by atoms with van der Waals surface area (Å²) in [5.41, 5.74) is 6.16. The molecular weight excluding hydrogens is 511 g/mol.